The van der Waals surface area contributed by atoms with Crippen molar-refractivity contribution >= 4 is 11.6 Å². The van der Waals surface area contributed by atoms with Gasteiger partial charge in [0, 0.05) is 11.6 Å². The van der Waals surface area contributed by atoms with Crippen LogP contribution in [0.4, 0.5) is 0 Å². The van der Waals surface area contributed by atoms with Crippen molar-refractivity contribution in [1.82, 2.24) is 5.32 Å². The van der Waals surface area contributed by atoms with E-state index in [1.54, 1.807) is 0 Å². The first-order valence-electron chi connectivity index (χ1n) is 7.84. The van der Waals surface area contributed by atoms with Crippen LogP contribution in [-0.2, 0) is 0 Å². The summed E-state index contributed by atoms with van der Waals surface area (Å²) in [6, 6.07) is 4.08. The second-order valence-electron chi connectivity index (χ2n) is 7.20. The van der Waals surface area contributed by atoms with Crippen LogP contribution in [0.15, 0.2) is 12.1 Å². The zero-order valence-electron chi connectivity index (χ0n) is 14.3. The molecule has 0 atom stereocenters. The van der Waals surface area contributed by atoms with Crippen LogP contribution in [0.5, 0.6) is 5.75 Å². The summed E-state index contributed by atoms with van der Waals surface area (Å²) in [7, 11) is 0. The fraction of sp³-hybridized carbons (Fsp3) is 0.667. The summed E-state index contributed by atoms with van der Waals surface area (Å²) in [6.07, 6.45) is 1.17. The van der Waals surface area contributed by atoms with Gasteiger partial charge in [-0.25, -0.2) is 0 Å². The summed E-state index contributed by atoms with van der Waals surface area (Å²) in [5.41, 5.74) is 2.63. The number of rotatable bonds is 7. The minimum absolute atomic E-state index is 0.382. The second-order valence-corrected chi connectivity index (χ2v) is 7.61. The van der Waals surface area contributed by atoms with E-state index in [4.69, 9.17) is 16.3 Å². The molecule has 0 bridgehead atoms. The fourth-order valence-electron chi connectivity index (χ4n) is 2.09. The van der Waals surface area contributed by atoms with E-state index in [-0.39, 0.29) is 0 Å². The maximum atomic E-state index is 6.27. The molecule has 3 heteroatoms. The molecule has 0 amide bonds. The number of aryl methyl sites for hydroxylation is 1. The van der Waals surface area contributed by atoms with Crippen molar-refractivity contribution in [2.45, 2.75) is 53.9 Å². The molecule has 0 saturated heterocycles. The molecular weight excluding hydrogens is 282 g/mol. The summed E-state index contributed by atoms with van der Waals surface area (Å²) in [5.74, 6) is 1.35. The molecule has 0 aliphatic rings. The highest BCUT2D eigenvalue weighted by Crippen LogP contribution is 2.31. The van der Waals surface area contributed by atoms with Crippen molar-refractivity contribution in [1.29, 1.82) is 0 Å². The number of hydrogen-bond donors (Lipinski definition) is 1. The molecule has 1 rings (SSSR count). The zero-order chi connectivity index (χ0) is 16.0. The first kappa shape index (κ1) is 18.3. The van der Waals surface area contributed by atoms with Gasteiger partial charge in [-0.15, -0.1) is 0 Å². The first-order chi connectivity index (χ1) is 9.70. The molecule has 0 spiro atoms. The molecule has 0 heterocycles. The quantitative estimate of drug-likeness (QED) is 0.701. The van der Waals surface area contributed by atoms with E-state index >= 15 is 0 Å². The van der Waals surface area contributed by atoms with Crippen molar-refractivity contribution in [3.8, 4) is 5.75 Å². The second kappa shape index (κ2) is 8.05. The molecule has 1 N–H and O–H groups in total. The molecule has 0 saturated carbocycles. The van der Waals surface area contributed by atoms with Gasteiger partial charge < -0.3 is 10.1 Å². The summed E-state index contributed by atoms with van der Waals surface area (Å²) >= 11 is 6.27. The van der Waals surface area contributed by atoms with Crippen LogP contribution in [0, 0.1) is 12.3 Å². The first-order valence-corrected chi connectivity index (χ1v) is 8.22. The third-order valence-corrected chi connectivity index (χ3v) is 3.83. The van der Waals surface area contributed by atoms with Crippen LogP contribution in [0.25, 0.3) is 0 Å². The number of nitrogens with one attached hydrogen (secondary N) is 1. The van der Waals surface area contributed by atoms with Gasteiger partial charge in [-0.05, 0) is 54.5 Å². The fourth-order valence-corrected chi connectivity index (χ4v) is 2.52. The van der Waals surface area contributed by atoms with Gasteiger partial charge in [-0.2, -0.15) is 0 Å². The molecule has 0 aliphatic carbocycles. The minimum atomic E-state index is 0.382. The maximum Gasteiger partial charge on any atom is 0.122 e. The van der Waals surface area contributed by atoms with Gasteiger partial charge in [-0.3, -0.25) is 0 Å². The van der Waals surface area contributed by atoms with Crippen molar-refractivity contribution in [2.75, 3.05) is 19.7 Å². The smallest absolute Gasteiger partial charge is 0.122 e. The Balaban J connectivity index is 2.43. The Morgan fingerprint density at radius 2 is 1.86 bits per heavy atom. The monoisotopic (exact) mass is 311 g/mol. The molecule has 0 unspecified atom stereocenters. The number of benzene rings is 1. The van der Waals surface area contributed by atoms with E-state index < -0.39 is 0 Å². The van der Waals surface area contributed by atoms with Gasteiger partial charge in [0.15, 0.2) is 0 Å². The molecule has 0 radical (unpaired) electrons. The Kier molecular flexibility index (Phi) is 7.02. The van der Waals surface area contributed by atoms with E-state index in [0.29, 0.717) is 17.9 Å². The van der Waals surface area contributed by atoms with Gasteiger partial charge in [0.1, 0.15) is 12.4 Å². The third kappa shape index (κ3) is 6.71. The van der Waals surface area contributed by atoms with Crippen LogP contribution in [0.2, 0.25) is 5.02 Å². The SMILES string of the molecule is Cc1cc(Cl)c(C(C)C)cc1OCCNCCC(C)(C)C. The highest BCUT2D eigenvalue weighted by atomic mass is 35.5. The van der Waals surface area contributed by atoms with Crippen LogP contribution >= 0.6 is 11.6 Å². The van der Waals surface area contributed by atoms with Gasteiger partial charge >= 0.3 is 0 Å². The van der Waals surface area contributed by atoms with Gasteiger partial charge in [0.05, 0.1) is 0 Å². The normalized spacial score (nSPS) is 12.0. The molecule has 0 fully saturated rings. The van der Waals surface area contributed by atoms with Crippen LogP contribution < -0.4 is 10.1 Å². The standard InChI is InChI=1S/C18H30ClNO/c1-13(2)15-12-17(14(3)11-16(15)19)21-10-9-20-8-7-18(4,5)6/h11-13,20H,7-10H2,1-6H3. The Labute approximate surface area is 135 Å². The average molecular weight is 312 g/mol. The largest absolute Gasteiger partial charge is 0.492 e. The summed E-state index contributed by atoms with van der Waals surface area (Å²) in [4.78, 5) is 0. The third-order valence-electron chi connectivity index (χ3n) is 3.50. The van der Waals surface area contributed by atoms with Crippen molar-refractivity contribution in [3.63, 3.8) is 0 Å². The lowest BCUT2D eigenvalue weighted by Crippen LogP contribution is -2.25. The molecule has 1 aromatic carbocycles. The number of ether oxygens (including phenoxy) is 1. The summed E-state index contributed by atoms with van der Waals surface area (Å²) in [5, 5.41) is 4.26. The molecule has 120 valence electrons. The Bertz CT molecular complexity index is 449. The maximum absolute atomic E-state index is 6.27. The summed E-state index contributed by atoms with van der Waals surface area (Å²) in [6.45, 7) is 15.7. The van der Waals surface area contributed by atoms with Crippen LogP contribution in [0.3, 0.4) is 0 Å². The lowest BCUT2D eigenvalue weighted by Gasteiger charge is -2.18. The Morgan fingerprint density at radius 1 is 1.19 bits per heavy atom. The van der Waals surface area contributed by atoms with E-state index in [2.05, 4.69) is 46.0 Å². The molecule has 21 heavy (non-hydrogen) atoms. The molecular formula is C18H30ClNO. The number of halogens is 1. The topological polar surface area (TPSA) is 21.3 Å². The van der Waals surface area contributed by atoms with Crippen LogP contribution in [0.1, 0.15) is 58.1 Å². The van der Waals surface area contributed by atoms with Gasteiger partial charge in [-0.1, -0.05) is 46.2 Å². The van der Waals surface area contributed by atoms with Gasteiger partial charge in [0.2, 0.25) is 0 Å². The van der Waals surface area contributed by atoms with Gasteiger partial charge in [0.25, 0.3) is 0 Å². The number of hydrogen-bond acceptors (Lipinski definition) is 2. The zero-order valence-corrected chi connectivity index (χ0v) is 15.1. The lowest BCUT2D eigenvalue weighted by molar-refractivity contribution is 0.302. The minimum Gasteiger partial charge on any atom is -0.492 e. The Hall–Kier alpha value is -0.730. The predicted molar refractivity (Wildman–Crippen MR) is 92.7 cm³/mol. The highest BCUT2D eigenvalue weighted by molar-refractivity contribution is 6.31. The predicted octanol–water partition coefficient (Wildman–Crippen LogP) is 5.18. The van der Waals surface area contributed by atoms with Crippen molar-refractivity contribution < 1.29 is 4.74 Å². The molecule has 2 nitrogen and oxygen atoms in total. The average Bonchev–Trinajstić information content (AvgIpc) is 2.33. The summed E-state index contributed by atoms with van der Waals surface area (Å²) < 4.78 is 5.89. The van der Waals surface area contributed by atoms with E-state index in [1.165, 1.54) is 6.42 Å². The van der Waals surface area contributed by atoms with Crippen molar-refractivity contribution in [3.05, 3.63) is 28.3 Å². The van der Waals surface area contributed by atoms with E-state index in [1.807, 2.05) is 13.0 Å². The Morgan fingerprint density at radius 3 is 2.43 bits per heavy atom. The molecule has 0 aromatic heterocycles. The van der Waals surface area contributed by atoms with Crippen LogP contribution in [-0.4, -0.2) is 19.7 Å². The van der Waals surface area contributed by atoms with E-state index in [9.17, 15) is 0 Å². The molecule has 0 aliphatic heterocycles. The molecule has 1 aromatic rings. The van der Waals surface area contributed by atoms with Crippen molar-refractivity contribution in [2.24, 2.45) is 5.41 Å². The lowest BCUT2D eigenvalue weighted by atomic mass is 9.92. The van der Waals surface area contributed by atoms with E-state index in [0.717, 1.165) is 35.0 Å². The highest BCUT2D eigenvalue weighted by Gasteiger charge is 2.10.